The summed E-state index contributed by atoms with van der Waals surface area (Å²) in [5.41, 5.74) is 8.27. The zero-order valence-corrected chi connectivity index (χ0v) is 13.6. The second-order valence-corrected chi connectivity index (χ2v) is 6.33. The number of oxime groups is 1. The first kappa shape index (κ1) is 16.3. The highest BCUT2D eigenvalue weighted by atomic mass is 16.5. The van der Waals surface area contributed by atoms with Gasteiger partial charge in [-0.1, -0.05) is 23.4 Å². The zero-order valence-electron chi connectivity index (χ0n) is 13.6. The van der Waals surface area contributed by atoms with Crippen LogP contribution in [0.5, 0.6) is 0 Å². The van der Waals surface area contributed by atoms with Gasteiger partial charge in [-0.2, -0.15) is 0 Å². The lowest BCUT2D eigenvalue weighted by atomic mass is 9.80. The van der Waals surface area contributed by atoms with Crippen LogP contribution in [-0.4, -0.2) is 47.5 Å². The van der Waals surface area contributed by atoms with E-state index in [2.05, 4.69) is 5.16 Å². The molecule has 1 spiro atoms. The van der Waals surface area contributed by atoms with Gasteiger partial charge in [-0.05, 0) is 30.9 Å². The van der Waals surface area contributed by atoms with Crippen LogP contribution in [0.4, 0.5) is 0 Å². The first-order chi connectivity index (χ1) is 11.5. The molecule has 0 saturated carbocycles. The molecule has 0 aromatic heterocycles. The fraction of sp³-hybridized carbons (Fsp3) is 0.471. The highest BCUT2D eigenvalue weighted by molar-refractivity contribution is 5.99. The quantitative estimate of drug-likeness (QED) is 0.279. The molecule has 1 aromatic carbocycles. The van der Waals surface area contributed by atoms with E-state index in [1.807, 2.05) is 18.2 Å². The molecule has 1 amide bonds. The molecule has 1 unspecified atom stereocenters. The first-order valence-electron chi connectivity index (χ1n) is 8.04. The molecule has 7 nitrogen and oxygen atoms in total. The Bertz CT molecular complexity index is 716. The number of hydrogen-bond donors (Lipinski definition) is 2. The maximum Gasteiger partial charge on any atom is 0.325 e. The van der Waals surface area contributed by atoms with E-state index in [1.165, 1.54) is 0 Å². The van der Waals surface area contributed by atoms with E-state index in [-0.39, 0.29) is 29.7 Å². The number of benzene rings is 1. The summed E-state index contributed by atoms with van der Waals surface area (Å²) < 4.78 is 4.94. The van der Waals surface area contributed by atoms with Gasteiger partial charge in [0, 0.05) is 23.9 Å². The van der Waals surface area contributed by atoms with E-state index in [0.717, 1.165) is 24.0 Å². The van der Waals surface area contributed by atoms with Gasteiger partial charge in [0.2, 0.25) is 5.91 Å². The average molecular weight is 331 g/mol. The van der Waals surface area contributed by atoms with Crippen molar-refractivity contribution in [1.29, 1.82) is 0 Å². The molecular formula is C17H21N3O4. The number of carbonyl (C=O) groups is 2. The highest BCUT2D eigenvalue weighted by Gasteiger charge is 2.48. The van der Waals surface area contributed by atoms with Gasteiger partial charge >= 0.3 is 5.97 Å². The predicted octanol–water partition coefficient (Wildman–Crippen LogP) is 0.761. The number of esters is 1. The molecule has 1 aromatic rings. The van der Waals surface area contributed by atoms with Gasteiger partial charge in [-0.15, -0.1) is 0 Å². The van der Waals surface area contributed by atoms with Gasteiger partial charge in [0.1, 0.15) is 6.54 Å². The molecule has 1 aliphatic heterocycles. The third kappa shape index (κ3) is 2.60. The van der Waals surface area contributed by atoms with Crippen molar-refractivity contribution in [2.45, 2.75) is 31.6 Å². The zero-order chi connectivity index (χ0) is 17.3. The Hall–Kier alpha value is -2.57. The lowest BCUT2D eigenvalue weighted by Gasteiger charge is -2.24. The van der Waals surface area contributed by atoms with Crippen LogP contribution < -0.4 is 5.73 Å². The standard InChI is InChI=1S/C17H21N3O4/c1-2-24-15(22)9-20-10-17(8-14(20)21)7-6-11-12(16(18)19-23)4-3-5-13(11)17/h3-5,23H,2,6-10H2,1H3,(H2,18,19). The van der Waals surface area contributed by atoms with E-state index >= 15 is 0 Å². The van der Waals surface area contributed by atoms with Crippen LogP contribution >= 0.6 is 0 Å². The minimum atomic E-state index is -0.383. The topological polar surface area (TPSA) is 105 Å². The van der Waals surface area contributed by atoms with Gasteiger partial charge in [0.15, 0.2) is 5.84 Å². The van der Waals surface area contributed by atoms with Crippen molar-refractivity contribution in [2.24, 2.45) is 10.9 Å². The third-order valence-corrected chi connectivity index (χ3v) is 4.95. The Morgan fingerprint density at radius 3 is 3.00 bits per heavy atom. The molecule has 1 heterocycles. The number of ether oxygens (including phenoxy) is 1. The minimum Gasteiger partial charge on any atom is -0.465 e. The van der Waals surface area contributed by atoms with Crippen LogP contribution in [0.3, 0.4) is 0 Å². The monoisotopic (exact) mass is 331 g/mol. The summed E-state index contributed by atoms with van der Waals surface area (Å²) in [5.74, 6) is -0.340. The lowest BCUT2D eigenvalue weighted by Crippen LogP contribution is -2.34. The number of fused-ring (bicyclic) bond motifs is 2. The van der Waals surface area contributed by atoms with Crippen molar-refractivity contribution >= 4 is 17.7 Å². The molecule has 1 saturated heterocycles. The smallest absolute Gasteiger partial charge is 0.325 e. The average Bonchev–Trinajstić information content (AvgIpc) is 3.08. The summed E-state index contributed by atoms with van der Waals surface area (Å²) in [6, 6.07) is 5.68. The first-order valence-corrected chi connectivity index (χ1v) is 8.04. The van der Waals surface area contributed by atoms with Gasteiger partial charge < -0.3 is 20.6 Å². The van der Waals surface area contributed by atoms with Crippen molar-refractivity contribution in [3.05, 3.63) is 34.9 Å². The summed E-state index contributed by atoms with van der Waals surface area (Å²) in [5, 5.41) is 12.1. The number of hydrogen-bond acceptors (Lipinski definition) is 5. The van der Waals surface area contributed by atoms with Gasteiger partial charge in [0.05, 0.1) is 6.61 Å². The predicted molar refractivity (Wildman–Crippen MR) is 86.8 cm³/mol. The van der Waals surface area contributed by atoms with E-state index in [1.54, 1.807) is 11.8 Å². The van der Waals surface area contributed by atoms with Crippen molar-refractivity contribution < 1.29 is 19.5 Å². The molecule has 3 rings (SSSR count). The molecule has 0 bridgehead atoms. The van der Waals surface area contributed by atoms with Crippen molar-refractivity contribution in [3.63, 3.8) is 0 Å². The summed E-state index contributed by atoms with van der Waals surface area (Å²) in [6.07, 6.45) is 1.95. The fourth-order valence-electron chi connectivity index (χ4n) is 3.91. The molecule has 1 aliphatic carbocycles. The van der Waals surface area contributed by atoms with Crippen LogP contribution in [-0.2, 0) is 26.2 Å². The molecular weight excluding hydrogens is 310 g/mol. The molecule has 1 fully saturated rings. The highest BCUT2D eigenvalue weighted by Crippen LogP contribution is 2.46. The molecule has 24 heavy (non-hydrogen) atoms. The van der Waals surface area contributed by atoms with Crippen LogP contribution in [0.15, 0.2) is 23.4 Å². The van der Waals surface area contributed by atoms with E-state index < -0.39 is 0 Å². The summed E-state index contributed by atoms with van der Waals surface area (Å²) in [4.78, 5) is 25.7. The van der Waals surface area contributed by atoms with Gasteiger partial charge in [0.25, 0.3) is 0 Å². The molecule has 0 radical (unpaired) electrons. The Labute approximate surface area is 140 Å². The van der Waals surface area contributed by atoms with E-state index in [9.17, 15) is 9.59 Å². The Balaban J connectivity index is 1.88. The number of amides is 1. The molecule has 1 atom stereocenters. The van der Waals surface area contributed by atoms with Gasteiger partial charge in [-0.25, -0.2) is 0 Å². The Kier molecular flexibility index (Phi) is 4.17. The third-order valence-electron chi connectivity index (χ3n) is 4.95. The maximum absolute atomic E-state index is 12.4. The van der Waals surface area contributed by atoms with E-state index in [4.69, 9.17) is 15.7 Å². The van der Waals surface area contributed by atoms with Crippen LogP contribution in [0.2, 0.25) is 0 Å². The Morgan fingerprint density at radius 1 is 1.50 bits per heavy atom. The maximum atomic E-state index is 12.4. The molecule has 2 aliphatic rings. The molecule has 128 valence electrons. The number of rotatable bonds is 4. The Morgan fingerprint density at radius 2 is 2.29 bits per heavy atom. The number of nitrogens with zero attached hydrogens (tertiary/aromatic N) is 2. The molecule has 7 heteroatoms. The summed E-state index contributed by atoms with van der Waals surface area (Å²) in [6.45, 7) is 2.53. The van der Waals surface area contributed by atoms with Crippen LogP contribution in [0.25, 0.3) is 0 Å². The van der Waals surface area contributed by atoms with Gasteiger partial charge in [-0.3, -0.25) is 9.59 Å². The molecule has 3 N–H and O–H groups in total. The van der Waals surface area contributed by atoms with Crippen molar-refractivity contribution in [1.82, 2.24) is 4.90 Å². The second kappa shape index (κ2) is 6.14. The number of likely N-dealkylation sites (tertiary alicyclic amines) is 1. The lowest BCUT2D eigenvalue weighted by molar-refractivity contribution is -0.147. The largest absolute Gasteiger partial charge is 0.465 e. The van der Waals surface area contributed by atoms with Crippen molar-refractivity contribution in [3.8, 4) is 0 Å². The SMILES string of the molecule is CCOC(=O)CN1CC2(CCc3c(/C(N)=N/O)cccc32)CC1=O. The van der Waals surface area contributed by atoms with E-state index in [0.29, 0.717) is 25.1 Å². The minimum absolute atomic E-state index is 0.0102. The number of nitrogens with two attached hydrogens (primary N) is 1. The summed E-state index contributed by atoms with van der Waals surface area (Å²) >= 11 is 0. The second-order valence-electron chi connectivity index (χ2n) is 6.33. The van der Waals surface area contributed by atoms with Crippen molar-refractivity contribution in [2.75, 3.05) is 19.7 Å². The fourth-order valence-corrected chi connectivity index (χ4v) is 3.91. The van der Waals surface area contributed by atoms with Crippen LogP contribution in [0, 0.1) is 0 Å². The number of amidine groups is 1. The summed E-state index contributed by atoms with van der Waals surface area (Å²) in [7, 11) is 0. The number of carbonyl (C=O) groups excluding carboxylic acids is 2. The van der Waals surface area contributed by atoms with Crippen LogP contribution in [0.1, 0.15) is 36.5 Å². The normalized spacial score (nSPS) is 23.0.